The van der Waals surface area contributed by atoms with Crippen LogP contribution in [-0.4, -0.2) is 35.8 Å². The summed E-state index contributed by atoms with van der Waals surface area (Å²) in [6.07, 6.45) is 0.320. The molecular formula is C8H14N2O2. The molecule has 68 valence electrons. The average Bonchev–Trinajstić information content (AvgIpc) is 2.29. The molecular weight excluding hydrogens is 156 g/mol. The number of nitrogens with one attached hydrogen (secondary N) is 1. The van der Waals surface area contributed by atoms with Gasteiger partial charge in [-0.15, -0.1) is 0 Å². The lowest BCUT2D eigenvalue weighted by molar-refractivity contribution is -0.138. The zero-order chi connectivity index (χ0) is 9.14. The molecule has 4 heteroatoms. The highest BCUT2D eigenvalue weighted by Gasteiger charge is 2.36. The van der Waals surface area contributed by atoms with Gasteiger partial charge in [0.2, 0.25) is 11.8 Å². The lowest BCUT2D eigenvalue weighted by atomic mass is 10.2. The van der Waals surface area contributed by atoms with Crippen molar-refractivity contribution in [1.29, 1.82) is 0 Å². The van der Waals surface area contributed by atoms with Gasteiger partial charge in [0.25, 0.3) is 0 Å². The van der Waals surface area contributed by atoms with E-state index in [0.717, 1.165) is 6.54 Å². The van der Waals surface area contributed by atoms with Crippen molar-refractivity contribution in [3.63, 3.8) is 0 Å². The van der Waals surface area contributed by atoms with Crippen molar-refractivity contribution in [1.82, 2.24) is 10.2 Å². The van der Waals surface area contributed by atoms with Gasteiger partial charge in [-0.3, -0.25) is 14.5 Å². The van der Waals surface area contributed by atoms with Crippen LogP contribution in [0.15, 0.2) is 0 Å². The second kappa shape index (κ2) is 3.67. The Hall–Kier alpha value is -0.900. The third-order valence-electron chi connectivity index (χ3n) is 2.01. The lowest BCUT2D eigenvalue weighted by Crippen LogP contribution is -2.38. The molecule has 0 aromatic rings. The number of hydrogen-bond donors (Lipinski definition) is 1. The Morgan fingerprint density at radius 1 is 1.50 bits per heavy atom. The van der Waals surface area contributed by atoms with E-state index >= 15 is 0 Å². The molecule has 4 nitrogen and oxygen atoms in total. The summed E-state index contributed by atoms with van der Waals surface area (Å²) >= 11 is 0. The Morgan fingerprint density at radius 2 is 2.17 bits per heavy atom. The Labute approximate surface area is 71.9 Å². The van der Waals surface area contributed by atoms with Gasteiger partial charge in [-0.05, 0) is 13.5 Å². The molecule has 1 rings (SSSR count). The van der Waals surface area contributed by atoms with E-state index in [9.17, 15) is 9.59 Å². The minimum atomic E-state index is -0.276. The van der Waals surface area contributed by atoms with Crippen LogP contribution in [0.25, 0.3) is 0 Å². The first-order valence-electron chi connectivity index (χ1n) is 4.28. The number of likely N-dealkylation sites (N-methyl/N-ethyl adjacent to an activating group) is 2. The summed E-state index contributed by atoms with van der Waals surface area (Å²) < 4.78 is 0. The van der Waals surface area contributed by atoms with Crippen molar-refractivity contribution in [2.24, 2.45) is 0 Å². The molecule has 1 saturated heterocycles. The van der Waals surface area contributed by atoms with Crippen molar-refractivity contribution < 1.29 is 9.59 Å². The largest absolute Gasteiger partial charge is 0.306 e. The smallest absolute Gasteiger partial charge is 0.246 e. The first kappa shape index (κ1) is 9.19. The summed E-state index contributed by atoms with van der Waals surface area (Å²) in [4.78, 5) is 23.8. The van der Waals surface area contributed by atoms with E-state index in [1.165, 1.54) is 4.90 Å². The van der Waals surface area contributed by atoms with Crippen LogP contribution in [0.1, 0.15) is 20.3 Å². The summed E-state index contributed by atoms with van der Waals surface area (Å²) in [5.41, 5.74) is 0. The number of hydrogen-bond acceptors (Lipinski definition) is 3. The summed E-state index contributed by atoms with van der Waals surface area (Å²) in [6.45, 7) is 4.94. The number of amides is 2. The minimum Gasteiger partial charge on any atom is -0.306 e. The Kier molecular flexibility index (Phi) is 2.81. The maximum absolute atomic E-state index is 11.4. The molecule has 1 N–H and O–H groups in total. The number of rotatable bonds is 3. The van der Waals surface area contributed by atoms with Crippen LogP contribution in [0.2, 0.25) is 0 Å². The molecule has 1 heterocycles. The molecule has 1 aliphatic heterocycles. The number of carbonyl (C=O) groups is 2. The van der Waals surface area contributed by atoms with Crippen molar-refractivity contribution in [2.45, 2.75) is 26.3 Å². The first-order valence-corrected chi connectivity index (χ1v) is 4.28. The molecule has 0 unspecified atom stereocenters. The second-order valence-electron chi connectivity index (χ2n) is 2.79. The van der Waals surface area contributed by atoms with Gasteiger partial charge in [0.15, 0.2) is 0 Å². The van der Waals surface area contributed by atoms with E-state index in [4.69, 9.17) is 0 Å². The maximum Gasteiger partial charge on any atom is 0.246 e. The van der Waals surface area contributed by atoms with Gasteiger partial charge in [0.05, 0.1) is 12.5 Å². The van der Waals surface area contributed by atoms with E-state index in [1.54, 1.807) is 0 Å². The van der Waals surface area contributed by atoms with Crippen LogP contribution in [0, 0.1) is 0 Å². The van der Waals surface area contributed by atoms with Crippen molar-refractivity contribution >= 4 is 11.8 Å². The summed E-state index contributed by atoms with van der Waals surface area (Å²) in [6, 6.07) is -0.276. The quantitative estimate of drug-likeness (QED) is 0.594. The zero-order valence-electron chi connectivity index (χ0n) is 7.46. The van der Waals surface area contributed by atoms with Crippen LogP contribution < -0.4 is 5.32 Å². The van der Waals surface area contributed by atoms with E-state index in [-0.39, 0.29) is 17.9 Å². The second-order valence-corrected chi connectivity index (χ2v) is 2.79. The van der Waals surface area contributed by atoms with Crippen molar-refractivity contribution in [3.8, 4) is 0 Å². The van der Waals surface area contributed by atoms with E-state index in [1.807, 2.05) is 13.8 Å². The normalized spacial score (nSPS) is 23.8. The highest BCUT2D eigenvalue weighted by molar-refractivity contribution is 6.05. The first-order chi connectivity index (χ1) is 5.70. The monoisotopic (exact) mass is 170 g/mol. The van der Waals surface area contributed by atoms with Gasteiger partial charge >= 0.3 is 0 Å². The van der Waals surface area contributed by atoms with E-state index in [0.29, 0.717) is 13.0 Å². The minimum absolute atomic E-state index is 0.0616. The molecule has 0 bridgehead atoms. The SMILES string of the molecule is CCN[C@@H]1CC(=O)N(CC)C1=O. The van der Waals surface area contributed by atoms with E-state index in [2.05, 4.69) is 5.32 Å². The highest BCUT2D eigenvalue weighted by Crippen LogP contribution is 2.11. The molecule has 0 aromatic heterocycles. The molecule has 12 heavy (non-hydrogen) atoms. The Morgan fingerprint density at radius 3 is 2.58 bits per heavy atom. The van der Waals surface area contributed by atoms with Gasteiger partial charge in [0.1, 0.15) is 0 Å². The standard InChI is InChI=1S/C8H14N2O2/c1-3-9-6-5-7(11)10(4-2)8(6)12/h6,9H,3-5H2,1-2H3/t6-/m1/s1. The van der Waals surface area contributed by atoms with Crippen LogP contribution >= 0.6 is 0 Å². The fraction of sp³-hybridized carbons (Fsp3) is 0.750. The maximum atomic E-state index is 11.4. The summed E-state index contributed by atoms with van der Waals surface area (Å²) in [5.74, 6) is -0.141. The number of likely N-dealkylation sites (tertiary alicyclic amines) is 1. The molecule has 1 atom stereocenters. The van der Waals surface area contributed by atoms with Crippen LogP contribution in [0.5, 0.6) is 0 Å². The fourth-order valence-electron chi connectivity index (χ4n) is 1.42. The Bertz CT molecular complexity index is 203. The molecule has 1 fully saturated rings. The molecule has 0 aliphatic carbocycles. The number of imide groups is 1. The fourth-order valence-corrected chi connectivity index (χ4v) is 1.42. The predicted molar refractivity (Wildman–Crippen MR) is 44.5 cm³/mol. The zero-order valence-corrected chi connectivity index (χ0v) is 7.46. The molecule has 2 amide bonds. The lowest BCUT2D eigenvalue weighted by Gasteiger charge is -2.11. The van der Waals surface area contributed by atoms with Crippen LogP contribution in [0.4, 0.5) is 0 Å². The van der Waals surface area contributed by atoms with Crippen LogP contribution in [-0.2, 0) is 9.59 Å². The van der Waals surface area contributed by atoms with Gasteiger partial charge in [-0.2, -0.15) is 0 Å². The highest BCUT2D eigenvalue weighted by atomic mass is 16.2. The van der Waals surface area contributed by atoms with Crippen LogP contribution in [0.3, 0.4) is 0 Å². The van der Waals surface area contributed by atoms with Gasteiger partial charge in [-0.1, -0.05) is 6.92 Å². The predicted octanol–water partition coefficient (Wildman–Crippen LogP) is -0.257. The Balaban J connectivity index is 2.62. The number of nitrogens with zero attached hydrogens (tertiary/aromatic N) is 1. The summed E-state index contributed by atoms with van der Waals surface area (Å²) in [7, 11) is 0. The molecule has 1 aliphatic rings. The third-order valence-corrected chi connectivity index (χ3v) is 2.01. The van der Waals surface area contributed by atoms with Gasteiger partial charge in [0, 0.05) is 6.54 Å². The van der Waals surface area contributed by atoms with Gasteiger partial charge in [-0.25, -0.2) is 0 Å². The molecule has 0 radical (unpaired) electrons. The third kappa shape index (κ3) is 1.48. The molecule has 0 aromatic carbocycles. The van der Waals surface area contributed by atoms with E-state index < -0.39 is 0 Å². The number of carbonyl (C=O) groups excluding carboxylic acids is 2. The average molecular weight is 170 g/mol. The summed E-state index contributed by atoms with van der Waals surface area (Å²) in [5, 5.41) is 2.98. The van der Waals surface area contributed by atoms with Gasteiger partial charge < -0.3 is 5.32 Å². The topological polar surface area (TPSA) is 49.4 Å². The molecule has 0 spiro atoms. The molecule has 0 saturated carbocycles. The van der Waals surface area contributed by atoms with Crippen molar-refractivity contribution in [3.05, 3.63) is 0 Å². The van der Waals surface area contributed by atoms with Crippen molar-refractivity contribution in [2.75, 3.05) is 13.1 Å².